The SMILES string of the molecule is Cc1cc(N(c2ccc([Si](C)(C)C)cc2)c2cc3oc4ccc5oc6cc(N(c7ccc([Si](C)(C)C)cc7)c7cc(C)c(C)c(C)c7)c7ccccc7c6c5c4c3c3ccccc23)cc(C)c1C. The maximum atomic E-state index is 7.07. The van der Waals surface area contributed by atoms with E-state index < -0.39 is 16.1 Å². The van der Waals surface area contributed by atoms with Gasteiger partial charge in [-0.25, -0.2) is 0 Å². The maximum Gasteiger partial charge on any atom is 0.138 e. The molecule has 4 nitrogen and oxygen atoms in total. The summed E-state index contributed by atoms with van der Waals surface area (Å²) in [6.07, 6.45) is 0. The summed E-state index contributed by atoms with van der Waals surface area (Å²) in [5.41, 5.74) is 17.8. The molecule has 0 aliphatic carbocycles. The van der Waals surface area contributed by atoms with Gasteiger partial charge in [-0.1, -0.05) is 122 Å². The van der Waals surface area contributed by atoms with Crippen LogP contribution in [0.3, 0.4) is 0 Å². The third-order valence-electron chi connectivity index (χ3n) is 14.8. The van der Waals surface area contributed by atoms with Gasteiger partial charge in [0.2, 0.25) is 0 Å². The molecule has 11 rings (SSSR count). The number of rotatable bonds is 8. The van der Waals surface area contributed by atoms with E-state index in [9.17, 15) is 0 Å². The Kier molecular flexibility index (Phi) is 10.2. The third-order valence-corrected chi connectivity index (χ3v) is 19.0. The lowest BCUT2D eigenvalue weighted by molar-refractivity contribution is 0.663. The van der Waals surface area contributed by atoms with E-state index in [2.05, 4.69) is 236 Å². The molecule has 0 saturated carbocycles. The smallest absolute Gasteiger partial charge is 0.138 e. The van der Waals surface area contributed by atoms with Crippen molar-refractivity contribution in [3.8, 4) is 0 Å². The molecule has 0 unspecified atom stereocenters. The molecule has 0 aliphatic heterocycles. The fourth-order valence-corrected chi connectivity index (χ4v) is 12.9. The molecular formula is C62H60N2O2Si2. The maximum absolute atomic E-state index is 7.07. The summed E-state index contributed by atoms with van der Waals surface area (Å²) in [4.78, 5) is 4.86. The predicted molar refractivity (Wildman–Crippen MR) is 300 cm³/mol. The van der Waals surface area contributed by atoms with Crippen LogP contribution < -0.4 is 20.2 Å². The average molecular weight is 921 g/mol. The standard InChI is InChI=1S/C62H60N2O2Si2/c1-37-31-45(32-38(2)41(37)5)63(43-21-25-47(26-22-43)67(7,8)9)53-35-57-59(51-19-15-13-17-49(51)53)61-55(65-57)29-30-56-62(61)60-52-20-16-14-18-50(52)54(36-58(60)66-56)64(46-33-39(3)42(6)40(4)34-46)44-23-27-48(28-24-44)68(10,11)12/h13-36H,1-12H3. The lowest BCUT2D eigenvalue weighted by Gasteiger charge is -2.29. The van der Waals surface area contributed by atoms with Gasteiger partial charge in [0.25, 0.3) is 0 Å². The van der Waals surface area contributed by atoms with Crippen LogP contribution >= 0.6 is 0 Å². The number of furan rings is 2. The van der Waals surface area contributed by atoms with Crippen molar-refractivity contribution < 1.29 is 8.83 Å². The molecule has 0 atom stereocenters. The monoisotopic (exact) mass is 920 g/mol. The van der Waals surface area contributed by atoms with Crippen LogP contribution in [0.15, 0.2) is 154 Å². The van der Waals surface area contributed by atoms with E-state index in [0.29, 0.717) is 0 Å². The second-order valence-electron chi connectivity index (χ2n) is 21.3. The van der Waals surface area contributed by atoms with Crippen molar-refractivity contribution in [3.63, 3.8) is 0 Å². The molecule has 0 amide bonds. The number of anilines is 6. The van der Waals surface area contributed by atoms with Crippen molar-refractivity contribution >= 4 is 126 Å². The highest BCUT2D eigenvalue weighted by molar-refractivity contribution is 6.89. The predicted octanol–water partition coefficient (Wildman–Crippen LogP) is 17.7. The summed E-state index contributed by atoms with van der Waals surface area (Å²) in [6.45, 7) is 27.8. The molecule has 0 spiro atoms. The van der Waals surface area contributed by atoms with Crippen molar-refractivity contribution in [1.29, 1.82) is 0 Å². The zero-order valence-electron chi connectivity index (χ0n) is 41.6. The number of fused-ring (bicyclic) bond motifs is 11. The van der Waals surface area contributed by atoms with Crippen molar-refractivity contribution in [3.05, 3.63) is 179 Å². The third kappa shape index (κ3) is 7.07. The van der Waals surface area contributed by atoms with Gasteiger partial charge in [0.1, 0.15) is 22.3 Å². The lowest BCUT2D eigenvalue weighted by Crippen LogP contribution is -2.37. The molecule has 68 heavy (non-hydrogen) atoms. The minimum Gasteiger partial charge on any atom is -0.456 e. The molecule has 11 aromatic rings. The number of hydrogen-bond donors (Lipinski definition) is 0. The molecular weight excluding hydrogens is 861 g/mol. The van der Waals surface area contributed by atoms with E-state index in [-0.39, 0.29) is 0 Å². The molecule has 338 valence electrons. The fourth-order valence-electron chi connectivity index (χ4n) is 10.5. The largest absolute Gasteiger partial charge is 0.456 e. The van der Waals surface area contributed by atoms with Gasteiger partial charge in [-0.15, -0.1) is 0 Å². The van der Waals surface area contributed by atoms with Crippen LogP contribution in [0.1, 0.15) is 33.4 Å². The van der Waals surface area contributed by atoms with Crippen LogP contribution in [0.4, 0.5) is 34.1 Å². The number of nitrogens with zero attached hydrogens (tertiary/aromatic N) is 2. The molecule has 0 aliphatic rings. The Morgan fingerprint density at radius 1 is 0.324 bits per heavy atom. The summed E-state index contributed by atoms with van der Waals surface area (Å²) < 4.78 is 14.1. The zero-order valence-corrected chi connectivity index (χ0v) is 43.6. The highest BCUT2D eigenvalue weighted by atomic mass is 28.3. The number of benzene rings is 9. The van der Waals surface area contributed by atoms with Crippen LogP contribution in [0.25, 0.3) is 65.4 Å². The van der Waals surface area contributed by atoms with Gasteiger partial charge >= 0.3 is 0 Å². The van der Waals surface area contributed by atoms with E-state index in [1.165, 1.54) is 43.8 Å². The molecule has 0 fully saturated rings. The van der Waals surface area contributed by atoms with E-state index >= 15 is 0 Å². The second-order valence-corrected chi connectivity index (χ2v) is 31.5. The van der Waals surface area contributed by atoms with Crippen molar-refractivity contribution in [2.45, 2.75) is 80.8 Å². The van der Waals surface area contributed by atoms with Gasteiger partial charge in [0.05, 0.1) is 27.5 Å². The van der Waals surface area contributed by atoms with E-state index in [0.717, 1.165) is 99.5 Å². The summed E-state index contributed by atoms with van der Waals surface area (Å²) in [6, 6.07) is 54.4. The van der Waals surface area contributed by atoms with Gasteiger partial charge in [-0.2, -0.15) is 0 Å². The Morgan fingerprint density at radius 2 is 0.647 bits per heavy atom. The molecule has 0 bridgehead atoms. The quantitative estimate of drug-likeness (QED) is 0.142. The van der Waals surface area contributed by atoms with Crippen molar-refractivity contribution in [2.75, 3.05) is 9.80 Å². The molecule has 2 heterocycles. The Hall–Kier alpha value is -6.87. The highest BCUT2D eigenvalue weighted by Gasteiger charge is 2.27. The van der Waals surface area contributed by atoms with E-state index in [1.54, 1.807) is 0 Å². The average Bonchev–Trinajstić information content (AvgIpc) is 3.88. The number of hydrogen-bond acceptors (Lipinski definition) is 4. The van der Waals surface area contributed by atoms with Crippen LogP contribution in [-0.4, -0.2) is 16.1 Å². The van der Waals surface area contributed by atoms with Crippen LogP contribution in [0, 0.1) is 41.5 Å². The van der Waals surface area contributed by atoms with Crippen molar-refractivity contribution in [1.82, 2.24) is 0 Å². The van der Waals surface area contributed by atoms with Crippen molar-refractivity contribution in [2.24, 2.45) is 0 Å². The Morgan fingerprint density at radius 3 is 0.971 bits per heavy atom. The van der Waals surface area contributed by atoms with E-state index in [4.69, 9.17) is 8.83 Å². The normalized spacial score (nSPS) is 12.4. The second kappa shape index (κ2) is 15.9. The highest BCUT2D eigenvalue weighted by Crippen LogP contribution is 2.50. The Bertz CT molecular complexity index is 3530. The van der Waals surface area contributed by atoms with Crippen LogP contribution in [0.2, 0.25) is 39.3 Å². The lowest BCUT2D eigenvalue weighted by atomic mass is 9.96. The first-order chi connectivity index (χ1) is 32.5. The Labute approximate surface area is 402 Å². The van der Waals surface area contributed by atoms with E-state index in [1.807, 2.05) is 0 Å². The molecule has 6 heteroatoms. The first kappa shape index (κ1) is 43.7. The summed E-state index contributed by atoms with van der Waals surface area (Å²) in [7, 11) is -3.05. The first-order valence-electron chi connectivity index (χ1n) is 24.1. The Balaban J connectivity index is 1.18. The summed E-state index contributed by atoms with van der Waals surface area (Å²) in [5, 5.41) is 11.8. The molecule has 2 aromatic heterocycles. The minimum atomic E-state index is -1.52. The van der Waals surface area contributed by atoms with Gasteiger partial charge in [-0.05, 0) is 146 Å². The van der Waals surface area contributed by atoms with Gasteiger partial charge < -0.3 is 18.6 Å². The summed E-state index contributed by atoms with van der Waals surface area (Å²) in [5.74, 6) is 0. The topological polar surface area (TPSA) is 32.8 Å². The van der Waals surface area contributed by atoms with Gasteiger partial charge in [0.15, 0.2) is 0 Å². The van der Waals surface area contributed by atoms with Gasteiger partial charge in [-0.3, -0.25) is 0 Å². The van der Waals surface area contributed by atoms with Gasteiger partial charge in [0, 0.05) is 67.2 Å². The molecule has 0 radical (unpaired) electrons. The molecule has 9 aromatic carbocycles. The zero-order chi connectivity index (χ0) is 47.6. The van der Waals surface area contributed by atoms with Crippen LogP contribution in [-0.2, 0) is 0 Å². The van der Waals surface area contributed by atoms with Crippen LogP contribution in [0.5, 0.6) is 0 Å². The summed E-state index contributed by atoms with van der Waals surface area (Å²) >= 11 is 0. The molecule has 0 N–H and O–H groups in total. The molecule has 0 saturated heterocycles. The fraction of sp³-hybridized carbons (Fsp3) is 0.194. The minimum absolute atomic E-state index is 0.841. The number of aryl methyl sites for hydroxylation is 4. The first-order valence-corrected chi connectivity index (χ1v) is 31.1.